The monoisotopic (exact) mass is 428 g/mol. The van der Waals surface area contributed by atoms with Crippen LogP contribution in [0.2, 0.25) is 0 Å². The van der Waals surface area contributed by atoms with Crippen molar-refractivity contribution >= 4 is 13.9 Å². The molecule has 0 aromatic carbocycles. The summed E-state index contributed by atoms with van der Waals surface area (Å²) in [6, 6.07) is 0. The molecule has 0 saturated heterocycles. The Labute approximate surface area is 179 Å². The smallest absolute Gasteiger partial charge is 0.219 e. The number of aliphatic hydroxyl groups is 1. The molecule has 0 heterocycles. The maximum Gasteiger partial charge on any atom is 0.219 e. The van der Waals surface area contributed by atoms with Crippen LogP contribution in [0.4, 0.5) is 0 Å². The van der Waals surface area contributed by atoms with E-state index in [1.54, 1.807) is 0 Å². The van der Waals surface area contributed by atoms with E-state index in [9.17, 15) is 9.36 Å². The van der Waals surface area contributed by atoms with Gasteiger partial charge in [-0.25, -0.2) is 0 Å². The van der Waals surface area contributed by atoms with Gasteiger partial charge in [-0.3, -0.25) is 9.88 Å². The molecule has 1 unspecified atom stereocenters. The number of carbonyl (C=O) groups is 1. The molecule has 0 rings (SSSR count). The molecule has 0 spiro atoms. The van der Waals surface area contributed by atoms with Gasteiger partial charge in [-0.15, -0.1) is 0 Å². The zero-order valence-corrected chi connectivity index (χ0v) is 19.6. The fourth-order valence-electron chi connectivity index (χ4n) is 2.95. The maximum absolute atomic E-state index is 11.7. The molecule has 29 heavy (non-hydrogen) atoms. The summed E-state index contributed by atoms with van der Waals surface area (Å²) in [5.41, 5.74) is 0. The molecule has 0 aliphatic carbocycles. The van der Waals surface area contributed by atoms with E-state index in [4.69, 9.17) is 5.11 Å². The van der Waals surface area contributed by atoms with Crippen LogP contribution >= 0.6 is 7.95 Å². The molecule has 0 aromatic heterocycles. The number of aliphatic hydroxyl groups excluding tert-OH is 1. The zero-order chi connectivity index (χ0) is 21.4. The third kappa shape index (κ3) is 23.2. The molecule has 6 heteroatoms. The maximum atomic E-state index is 11.7. The summed E-state index contributed by atoms with van der Waals surface area (Å²) in [6.45, 7) is 3.19. The fourth-order valence-corrected chi connectivity index (χ4v) is 4.01. The topological polar surface area (TPSA) is 78.4 Å². The number of hydrogen-bond acceptors (Lipinski definition) is 3. The van der Waals surface area contributed by atoms with Crippen molar-refractivity contribution in [3.8, 4) is 0 Å². The predicted octanol–water partition coefficient (Wildman–Crippen LogP) is 5.36. The summed E-state index contributed by atoms with van der Waals surface area (Å²) < 4.78 is 11.5. The number of amides is 1. The Morgan fingerprint density at radius 3 is 2.21 bits per heavy atom. The minimum absolute atomic E-state index is 0.000689. The lowest BCUT2D eigenvalue weighted by atomic mass is 10.1. The van der Waals surface area contributed by atoms with Crippen molar-refractivity contribution in [3.63, 3.8) is 0 Å². The molecule has 0 fully saturated rings. The van der Waals surface area contributed by atoms with E-state index in [0.29, 0.717) is 32.1 Å². The highest BCUT2D eigenvalue weighted by atomic mass is 31.1. The van der Waals surface area contributed by atoms with Gasteiger partial charge in [0.2, 0.25) is 5.91 Å². The predicted molar refractivity (Wildman–Crippen MR) is 126 cm³/mol. The molecule has 0 aliphatic rings. The average molecular weight is 429 g/mol. The standard InChI is InChI=1S/C23H45N2O3P/c1-2-3-4-5-6-7-8-9-10-11-12-13-14-15-16-18-23(27)24-19-17-22-29(28)25-20-21-26/h6-7,9-10,26,29H,2-5,8,11-22H2,1H3,(H,24,27)(H,25,28). The van der Waals surface area contributed by atoms with Crippen molar-refractivity contribution < 1.29 is 14.5 Å². The minimum Gasteiger partial charge on any atom is -0.395 e. The van der Waals surface area contributed by atoms with Gasteiger partial charge in [0.1, 0.15) is 7.95 Å². The third-order valence-corrected chi connectivity index (χ3v) is 6.14. The Kier molecular flexibility index (Phi) is 22.7. The van der Waals surface area contributed by atoms with Crippen LogP contribution in [0.5, 0.6) is 0 Å². The number of allylic oxidation sites excluding steroid dienone is 4. The van der Waals surface area contributed by atoms with E-state index in [1.165, 1.54) is 44.9 Å². The zero-order valence-electron chi connectivity index (χ0n) is 18.6. The Balaban J connectivity index is 3.34. The second-order valence-electron chi connectivity index (χ2n) is 7.51. The summed E-state index contributed by atoms with van der Waals surface area (Å²) in [5, 5.41) is 14.3. The summed E-state index contributed by atoms with van der Waals surface area (Å²) in [5.74, 6) is 0.0960. The first-order valence-corrected chi connectivity index (χ1v) is 13.3. The van der Waals surface area contributed by atoms with Crippen LogP contribution in [0.25, 0.3) is 0 Å². The van der Waals surface area contributed by atoms with Gasteiger partial charge in [0.25, 0.3) is 0 Å². The average Bonchev–Trinajstić information content (AvgIpc) is 2.72. The summed E-state index contributed by atoms with van der Waals surface area (Å²) in [4.78, 5) is 11.7. The second-order valence-corrected chi connectivity index (χ2v) is 9.21. The first-order chi connectivity index (χ1) is 14.2. The van der Waals surface area contributed by atoms with E-state index in [0.717, 1.165) is 25.7 Å². The van der Waals surface area contributed by atoms with Gasteiger partial charge >= 0.3 is 0 Å². The van der Waals surface area contributed by atoms with Crippen molar-refractivity contribution in [3.05, 3.63) is 24.3 Å². The first-order valence-electron chi connectivity index (χ1n) is 11.6. The molecule has 170 valence electrons. The fraction of sp³-hybridized carbons (Fsp3) is 0.783. The molecule has 0 radical (unpaired) electrons. The summed E-state index contributed by atoms with van der Waals surface area (Å²) in [6.07, 6.45) is 24.0. The SMILES string of the molecule is CCCCCC=CCC=CCCCCCCCC(=O)NCCC[PH](=O)NCCO. The van der Waals surface area contributed by atoms with Crippen LogP contribution in [-0.2, 0) is 9.36 Å². The number of rotatable bonds is 21. The Bertz CT molecular complexity index is 453. The minimum atomic E-state index is -1.81. The van der Waals surface area contributed by atoms with Gasteiger partial charge in [0.05, 0.1) is 6.61 Å². The third-order valence-electron chi connectivity index (χ3n) is 4.69. The number of carbonyl (C=O) groups excluding carboxylic acids is 1. The van der Waals surface area contributed by atoms with Crippen LogP contribution in [0.15, 0.2) is 24.3 Å². The van der Waals surface area contributed by atoms with Crippen molar-refractivity contribution in [1.29, 1.82) is 0 Å². The van der Waals surface area contributed by atoms with E-state index in [-0.39, 0.29) is 12.5 Å². The lowest BCUT2D eigenvalue weighted by molar-refractivity contribution is -0.121. The number of unbranched alkanes of at least 4 members (excludes halogenated alkanes) is 8. The highest BCUT2D eigenvalue weighted by molar-refractivity contribution is 7.42. The Morgan fingerprint density at radius 2 is 1.52 bits per heavy atom. The van der Waals surface area contributed by atoms with Gasteiger partial charge in [0, 0.05) is 25.7 Å². The molecular formula is C23H45N2O3P. The molecule has 5 nitrogen and oxygen atoms in total. The summed E-state index contributed by atoms with van der Waals surface area (Å²) in [7, 11) is -1.81. The van der Waals surface area contributed by atoms with Gasteiger partial charge in [-0.05, 0) is 44.9 Å². The number of nitrogens with one attached hydrogen (secondary N) is 2. The normalized spacial score (nSPS) is 12.8. The van der Waals surface area contributed by atoms with Crippen molar-refractivity contribution in [2.45, 2.75) is 90.4 Å². The largest absolute Gasteiger partial charge is 0.395 e. The van der Waals surface area contributed by atoms with Crippen LogP contribution in [0.1, 0.15) is 90.4 Å². The van der Waals surface area contributed by atoms with Crippen LogP contribution < -0.4 is 10.4 Å². The molecular weight excluding hydrogens is 383 g/mol. The summed E-state index contributed by atoms with van der Waals surface area (Å²) >= 11 is 0. The molecule has 1 atom stereocenters. The Morgan fingerprint density at radius 1 is 0.862 bits per heavy atom. The quantitative estimate of drug-likeness (QED) is 0.131. The van der Waals surface area contributed by atoms with Crippen LogP contribution in [-0.4, -0.2) is 36.9 Å². The Hall–Kier alpha value is -0.900. The molecule has 1 amide bonds. The van der Waals surface area contributed by atoms with E-state index < -0.39 is 7.95 Å². The first kappa shape index (κ1) is 28.1. The van der Waals surface area contributed by atoms with Gasteiger partial charge in [0.15, 0.2) is 0 Å². The highest BCUT2D eigenvalue weighted by Gasteiger charge is 2.02. The lowest BCUT2D eigenvalue weighted by Gasteiger charge is -2.06. The molecule has 3 N–H and O–H groups in total. The second kappa shape index (κ2) is 23.4. The molecule has 0 bridgehead atoms. The van der Waals surface area contributed by atoms with E-state index in [1.807, 2.05) is 0 Å². The van der Waals surface area contributed by atoms with Crippen LogP contribution in [0, 0.1) is 0 Å². The van der Waals surface area contributed by atoms with Crippen molar-refractivity contribution in [1.82, 2.24) is 10.4 Å². The van der Waals surface area contributed by atoms with E-state index >= 15 is 0 Å². The molecule has 0 aromatic rings. The van der Waals surface area contributed by atoms with Crippen LogP contribution in [0.3, 0.4) is 0 Å². The van der Waals surface area contributed by atoms with Gasteiger partial charge in [-0.2, -0.15) is 0 Å². The van der Waals surface area contributed by atoms with Gasteiger partial charge < -0.3 is 15.0 Å². The van der Waals surface area contributed by atoms with Crippen molar-refractivity contribution in [2.75, 3.05) is 25.9 Å². The lowest BCUT2D eigenvalue weighted by Crippen LogP contribution is -2.24. The number of hydrogen-bond donors (Lipinski definition) is 3. The van der Waals surface area contributed by atoms with Gasteiger partial charge in [-0.1, -0.05) is 63.3 Å². The van der Waals surface area contributed by atoms with Crippen molar-refractivity contribution in [2.24, 2.45) is 0 Å². The molecule has 0 saturated carbocycles. The molecule has 0 aliphatic heterocycles. The van der Waals surface area contributed by atoms with E-state index in [2.05, 4.69) is 41.6 Å². The highest BCUT2D eigenvalue weighted by Crippen LogP contribution is 2.14.